The minimum atomic E-state index is -0.682. The highest BCUT2D eigenvalue weighted by molar-refractivity contribution is 5.97. The van der Waals surface area contributed by atoms with E-state index in [4.69, 9.17) is 9.47 Å². The van der Waals surface area contributed by atoms with Gasteiger partial charge in [0.2, 0.25) is 0 Å². The van der Waals surface area contributed by atoms with Gasteiger partial charge in [-0.15, -0.1) is 0 Å². The minimum absolute atomic E-state index is 0.00403. The minimum Gasteiger partial charge on any atom is -0.490 e. The van der Waals surface area contributed by atoms with Gasteiger partial charge in [0.1, 0.15) is 11.4 Å². The number of rotatable bonds is 7. The Balaban J connectivity index is 2.19. The van der Waals surface area contributed by atoms with E-state index in [0.29, 0.717) is 6.61 Å². The average Bonchev–Trinajstić information content (AvgIpc) is 2.85. The van der Waals surface area contributed by atoms with Gasteiger partial charge >= 0.3 is 0 Å². The molecule has 26 heavy (non-hydrogen) atoms. The summed E-state index contributed by atoms with van der Waals surface area (Å²) in [6, 6.07) is 4.00. The lowest BCUT2D eigenvalue weighted by molar-refractivity contribution is -0.143. The smallest absolute Gasteiger partial charge is 0.256 e. The van der Waals surface area contributed by atoms with E-state index < -0.39 is 5.60 Å². The van der Waals surface area contributed by atoms with Crippen LogP contribution in [0.1, 0.15) is 76.8 Å². The van der Waals surface area contributed by atoms with Crippen LogP contribution >= 0.6 is 0 Å². The zero-order valence-electron chi connectivity index (χ0n) is 17.1. The van der Waals surface area contributed by atoms with Crippen molar-refractivity contribution in [2.24, 2.45) is 0 Å². The number of carbonyl (C=O) groups excluding carboxylic acids is 1. The summed E-state index contributed by atoms with van der Waals surface area (Å²) in [6.45, 7) is 10.8. The third kappa shape index (κ3) is 5.00. The van der Waals surface area contributed by atoms with E-state index in [1.54, 1.807) is 0 Å². The maximum Gasteiger partial charge on any atom is 0.256 e. The Morgan fingerprint density at radius 3 is 2.19 bits per heavy atom. The molecule has 0 aliphatic heterocycles. The standard InChI is InChI=1S/C22H35NO3/c1-6-18(5)26-20-16(3)14-19(15-17(20)4)23-21(24)22(25-7-2)12-10-8-9-11-13-22/h14-15,18H,6-13H2,1-5H3,(H,23,24)/t18-/m0/s1. The molecule has 0 saturated heterocycles. The second-order valence-electron chi connectivity index (χ2n) is 7.57. The predicted octanol–water partition coefficient (Wildman–Crippen LogP) is 5.55. The van der Waals surface area contributed by atoms with Crippen molar-refractivity contribution in [2.45, 2.75) is 91.3 Å². The molecule has 4 heteroatoms. The molecule has 0 heterocycles. The van der Waals surface area contributed by atoms with Gasteiger partial charge in [0, 0.05) is 12.3 Å². The van der Waals surface area contributed by atoms with Crippen molar-refractivity contribution in [1.82, 2.24) is 0 Å². The Morgan fingerprint density at radius 1 is 1.12 bits per heavy atom. The molecule has 2 rings (SSSR count). The van der Waals surface area contributed by atoms with Gasteiger partial charge < -0.3 is 14.8 Å². The van der Waals surface area contributed by atoms with E-state index in [9.17, 15) is 4.79 Å². The summed E-state index contributed by atoms with van der Waals surface area (Å²) < 4.78 is 12.0. The highest BCUT2D eigenvalue weighted by atomic mass is 16.5. The monoisotopic (exact) mass is 361 g/mol. The summed E-state index contributed by atoms with van der Waals surface area (Å²) in [4.78, 5) is 13.1. The Labute approximate surface area is 158 Å². The lowest BCUT2D eigenvalue weighted by atomic mass is 9.92. The third-order valence-electron chi connectivity index (χ3n) is 5.36. The normalized spacial score (nSPS) is 18.0. The van der Waals surface area contributed by atoms with Crippen LogP contribution in [0.5, 0.6) is 5.75 Å². The average molecular weight is 362 g/mol. The van der Waals surface area contributed by atoms with Gasteiger partial charge in [-0.3, -0.25) is 4.79 Å². The molecule has 1 fully saturated rings. The van der Waals surface area contributed by atoms with Crippen molar-refractivity contribution >= 4 is 11.6 Å². The molecule has 1 aromatic rings. The van der Waals surface area contributed by atoms with E-state index in [-0.39, 0.29) is 12.0 Å². The lowest BCUT2D eigenvalue weighted by Crippen LogP contribution is -2.45. The summed E-state index contributed by atoms with van der Waals surface area (Å²) in [5, 5.41) is 3.12. The van der Waals surface area contributed by atoms with E-state index in [2.05, 4.69) is 19.2 Å². The number of carbonyl (C=O) groups is 1. The SMILES string of the molecule is CCOC1(C(=O)Nc2cc(C)c(O[C@@H](C)CC)c(C)c2)CCCCCC1. The first-order valence-electron chi connectivity index (χ1n) is 10.1. The highest BCUT2D eigenvalue weighted by Gasteiger charge is 2.39. The van der Waals surface area contributed by atoms with Gasteiger partial charge in [0.25, 0.3) is 5.91 Å². The van der Waals surface area contributed by atoms with Crippen molar-refractivity contribution in [3.63, 3.8) is 0 Å². The Hall–Kier alpha value is -1.55. The fraction of sp³-hybridized carbons (Fsp3) is 0.682. The predicted molar refractivity (Wildman–Crippen MR) is 107 cm³/mol. The van der Waals surface area contributed by atoms with Gasteiger partial charge in [-0.2, -0.15) is 0 Å². The van der Waals surface area contributed by atoms with Crippen LogP contribution in [0.15, 0.2) is 12.1 Å². The number of amides is 1. The van der Waals surface area contributed by atoms with Crippen LogP contribution in [0.4, 0.5) is 5.69 Å². The van der Waals surface area contributed by atoms with Crippen LogP contribution in [-0.4, -0.2) is 24.2 Å². The van der Waals surface area contributed by atoms with Crippen molar-refractivity contribution in [2.75, 3.05) is 11.9 Å². The van der Waals surface area contributed by atoms with Crippen molar-refractivity contribution in [3.05, 3.63) is 23.3 Å². The van der Waals surface area contributed by atoms with Crippen LogP contribution in [0, 0.1) is 13.8 Å². The highest BCUT2D eigenvalue weighted by Crippen LogP contribution is 2.33. The summed E-state index contributed by atoms with van der Waals surface area (Å²) in [5.74, 6) is 0.919. The first-order valence-corrected chi connectivity index (χ1v) is 10.1. The van der Waals surface area contributed by atoms with Crippen LogP contribution in [-0.2, 0) is 9.53 Å². The van der Waals surface area contributed by atoms with E-state index in [0.717, 1.165) is 54.7 Å². The van der Waals surface area contributed by atoms with Gasteiger partial charge in [-0.05, 0) is 70.2 Å². The van der Waals surface area contributed by atoms with Crippen molar-refractivity contribution in [3.8, 4) is 5.75 Å². The third-order valence-corrected chi connectivity index (χ3v) is 5.36. The van der Waals surface area contributed by atoms with Gasteiger partial charge in [-0.1, -0.05) is 32.6 Å². The molecule has 1 atom stereocenters. The van der Waals surface area contributed by atoms with Crippen molar-refractivity contribution < 1.29 is 14.3 Å². The van der Waals surface area contributed by atoms with E-state index >= 15 is 0 Å². The Kier molecular flexibility index (Phi) is 7.51. The maximum atomic E-state index is 13.1. The molecule has 1 aromatic carbocycles. The zero-order chi connectivity index (χ0) is 19.2. The fourth-order valence-corrected chi connectivity index (χ4v) is 3.75. The zero-order valence-corrected chi connectivity index (χ0v) is 17.1. The maximum absolute atomic E-state index is 13.1. The molecule has 146 valence electrons. The molecule has 0 bridgehead atoms. The number of aryl methyl sites for hydroxylation is 2. The van der Waals surface area contributed by atoms with Gasteiger partial charge in [-0.25, -0.2) is 0 Å². The number of hydrogen-bond acceptors (Lipinski definition) is 3. The molecule has 1 aliphatic rings. The van der Waals surface area contributed by atoms with Crippen LogP contribution in [0.25, 0.3) is 0 Å². The number of ether oxygens (including phenoxy) is 2. The number of anilines is 1. The summed E-state index contributed by atoms with van der Waals surface area (Å²) >= 11 is 0. The van der Waals surface area contributed by atoms with Gasteiger partial charge in [0.15, 0.2) is 0 Å². The topological polar surface area (TPSA) is 47.6 Å². The van der Waals surface area contributed by atoms with Gasteiger partial charge in [0.05, 0.1) is 6.10 Å². The Morgan fingerprint density at radius 2 is 1.69 bits per heavy atom. The molecular formula is C22H35NO3. The molecule has 0 spiro atoms. The lowest BCUT2D eigenvalue weighted by Gasteiger charge is -2.31. The second kappa shape index (κ2) is 9.40. The first kappa shape index (κ1) is 20.8. The second-order valence-corrected chi connectivity index (χ2v) is 7.57. The molecule has 4 nitrogen and oxygen atoms in total. The molecule has 0 aromatic heterocycles. The van der Waals surface area contributed by atoms with Crippen molar-refractivity contribution in [1.29, 1.82) is 0 Å². The number of nitrogens with one attached hydrogen (secondary N) is 1. The molecule has 1 aliphatic carbocycles. The summed E-state index contributed by atoms with van der Waals surface area (Å²) in [7, 11) is 0. The fourth-order valence-electron chi connectivity index (χ4n) is 3.75. The Bertz CT molecular complexity index is 580. The molecular weight excluding hydrogens is 326 g/mol. The first-order chi connectivity index (χ1) is 12.4. The molecule has 0 radical (unpaired) electrons. The molecule has 1 amide bonds. The molecule has 0 unspecified atom stereocenters. The molecule has 1 N–H and O–H groups in total. The number of benzene rings is 1. The largest absolute Gasteiger partial charge is 0.490 e. The van der Waals surface area contributed by atoms with Crippen LogP contribution in [0.3, 0.4) is 0 Å². The van der Waals surface area contributed by atoms with Crippen LogP contribution in [0.2, 0.25) is 0 Å². The summed E-state index contributed by atoms with van der Waals surface area (Å²) in [6.07, 6.45) is 7.22. The quantitative estimate of drug-likeness (QED) is 0.648. The van der Waals surface area contributed by atoms with Crippen LogP contribution < -0.4 is 10.1 Å². The van der Waals surface area contributed by atoms with E-state index in [1.807, 2.05) is 32.9 Å². The summed E-state index contributed by atoms with van der Waals surface area (Å²) in [5.41, 5.74) is 2.24. The van der Waals surface area contributed by atoms with E-state index in [1.165, 1.54) is 12.8 Å². The number of hydrogen-bond donors (Lipinski definition) is 1. The molecule has 1 saturated carbocycles.